The Bertz CT molecular complexity index is 340. The predicted molar refractivity (Wildman–Crippen MR) is 64.4 cm³/mol. The van der Waals surface area contributed by atoms with Gasteiger partial charge in [-0.15, -0.1) is 0 Å². The molecule has 3 nitrogen and oxygen atoms in total. The van der Waals surface area contributed by atoms with E-state index in [2.05, 4.69) is 5.32 Å². The van der Waals surface area contributed by atoms with Crippen molar-refractivity contribution in [3.63, 3.8) is 0 Å². The summed E-state index contributed by atoms with van der Waals surface area (Å²) in [5.41, 5.74) is 2.22. The van der Waals surface area contributed by atoms with Crippen LogP contribution >= 0.6 is 0 Å². The van der Waals surface area contributed by atoms with E-state index in [0.717, 1.165) is 30.5 Å². The van der Waals surface area contributed by atoms with Gasteiger partial charge in [0.05, 0.1) is 18.8 Å². The van der Waals surface area contributed by atoms with Crippen molar-refractivity contribution in [3.8, 4) is 0 Å². The zero-order valence-electron chi connectivity index (χ0n) is 9.65. The van der Waals surface area contributed by atoms with Crippen LogP contribution in [0.2, 0.25) is 0 Å². The molecule has 0 saturated heterocycles. The Balaban J connectivity index is 2.07. The quantitative estimate of drug-likeness (QED) is 0.818. The lowest BCUT2D eigenvalue weighted by atomic mass is 10.1. The van der Waals surface area contributed by atoms with Crippen LogP contribution in [-0.4, -0.2) is 24.4 Å². The van der Waals surface area contributed by atoms with Crippen molar-refractivity contribution in [2.24, 2.45) is 0 Å². The van der Waals surface area contributed by atoms with Crippen molar-refractivity contribution in [2.75, 3.05) is 12.4 Å². The third-order valence-electron chi connectivity index (χ3n) is 3.14. The lowest BCUT2D eigenvalue weighted by molar-refractivity contribution is 0.171. The van der Waals surface area contributed by atoms with Gasteiger partial charge in [-0.2, -0.15) is 0 Å². The maximum atomic E-state index is 9.78. The summed E-state index contributed by atoms with van der Waals surface area (Å²) in [6.45, 7) is 0.603. The lowest BCUT2D eigenvalue weighted by Crippen LogP contribution is -2.28. The number of para-hydroxylation sites is 1. The Morgan fingerprint density at radius 3 is 2.88 bits per heavy atom. The molecule has 2 N–H and O–H groups in total. The second kappa shape index (κ2) is 5.32. The van der Waals surface area contributed by atoms with E-state index in [0.29, 0.717) is 6.61 Å². The van der Waals surface area contributed by atoms with Crippen molar-refractivity contribution in [1.82, 2.24) is 0 Å². The van der Waals surface area contributed by atoms with Gasteiger partial charge in [-0.3, -0.25) is 0 Å². The minimum Gasteiger partial charge on any atom is -0.391 e. The zero-order chi connectivity index (χ0) is 11.4. The number of aliphatic hydroxyl groups excluding tert-OH is 1. The second-order valence-electron chi connectivity index (χ2n) is 4.34. The fourth-order valence-corrected chi connectivity index (χ4v) is 2.25. The van der Waals surface area contributed by atoms with E-state index in [1.807, 2.05) is 24.3 Å². The first kappa shape index (κ1) is 11.4. The Morgan fingerprint density at radius 1 is 1.38 bits per heavy atom. The molecule has 0 amide bonds. The number of hydrogen-bond donors (Lipinski definition) is 2. The van der Waals surface area contributed by atoms with E-state index in [9.17, 15) is 5.11 Å². The van der Waals surface area contributed by atoms with Gasteiger partial charge in [-0.1, -0.05) is 18.2 Å². The van der Waals surface area contributed by atoms with Crippen LogP contribution in [0.25, 0.3) is 0 Å². The van der Waals surface area contributed by atoms with E-state index in [-0.39, 0.29) is 12.1 Å². The van der Waals surface area contributed by atoms with Crippen LogP contribution in [0.5, 0.6) is 0 Å². The highest BCUT2D eigenvalue weighted by Crippen LogP contribution is 2.25. The minimum atomic E-state index is -0.212. The van der Waals surface area contributed by atoms with Crippen LogP contribution in [0.1, 0.15) is 24.8 Å². The lowest BCUT2D eigenvalue weighted by Gasteiger charge is -2.20. The summed E-state index contributed by atoms with van der Waals surface area (Å²) in [6.07, 6.45) is 2.84. The van der Waals surface area contributed by atoms with E-state index in [1.165, 1.54) is 0 Å². The summed E-state index contributed by atoms with van der Waals surface area (Å²) in [7, 11) is 1.70. The molecule has 0 heterocycles. The first-order valence-electron chi connectivity index (χ1n) is 5.82. The Morgan fingerprint density at radius 2 is 2.19 bits per heavy atom. The number of methoxy groups -OCH3 is 1. The third-order valence-corrected chi connectivity index (χ3v) is 3.14. The van der Waals surface area contributed by atoms with Crippen molar-refractivity contribution >= 4 is 5.69 Å². The van der Waals surface area contributed by atoms with Crippen molar-refractivity contribution < 1.29 is 9.84 Å². The van der Waals surface area contributed by atoms with Crippen molar-refractivity contribution in [2.45, 2.75) is 38.0 Å². The second-order valence-corrected chi connectivity index (χ2v) is 4.34. The van der Waals surface area contributed by atoms with Crippen LogP contribution in [0.15, 0.2) is 24.3 Å². The van der Waals surface area contributed by atoms with Crippen molar-refractivity contribution in [1.29, 1.82) is 0 Å². The summed E-state index contributed by atoms with van der Waals surface area (Å²) >= 11 is 0. The van der Waals surface area contributed by atoms with Gasteiger partial charge in [-0.05, 0) is 25.3 Å². The normalized spacial score (nSPS) is 24.6. The molecule has 1 aromatic rings. The number of anilines is 1. The SMILES string of the molecule is COCc1ccccc1N[C@H]1CCC[C@@H]1O. The van der Waals surface area contributed by atoms with Crippen LogP contribution < -0.4 is 5.32 Å². The fourth-order valence-electron chi connectivity index (χ4n) is 2.25. The monoisotopic (exact) mass is 221 g/mol. The molecular weight excluding hydrogens is 202 g/mol. The van der Waals surface area contributed by atoms with Crippen molar-refractivity contribution in [3.05, 3.63) is 29.8 Å². The maximum Gasteiger partial charge on any atom is 0.0741 e. The smallest absolute Gasteiger partial charge is 0.0741 e. The summed E-state index contributed by atoms with van der Waals surface area (Å²) in [6, 6.07) is 8.29. The highest BCUT2D eigenvalue weighted by Gasteiger charge is 2.25. The fraction of sp³-hybridized carbons (Fsp3) is 0.538. The first-order valence-corrected chi connectivity index (χ1v) is 5.82. The highest BCUT2D eigenvalue weighted by atomic mass is 16.5. The Kier molecular flexibility index (Phi) is 3.80. The molecule has 1 aliphatic carbocycles. The van der Waals surface area contributed by atoms with E-state index < -0.39 is 0 Å². The molecular formula is C13H19NO2. The number of hydrogen-bond acceptors (Lipinski definition) is 3. The largest absolute Gasteiger partial charge is 0.391 e. The summed E-state index contributed by atoms with van der Waals surface area (Å²) in [5.74, 6) is 0. The summed E-state index contributed by atoms with van der Waals surface area (Å²) < 4.78 is 5.16. The van der Waals surface area contributed by atoms with Crippen LogP contribution in [0.3, 0.4) is 0 Å². The summed E-state index contributed by atoms with van der Waals surface area (Å²) in [5, 5.41) is 13.2. The molecule has 0 aliphatic heterocycles. The number of nitrogens with one attached hydrogen (secondary N) is 1. The number of rotatable bonds is 4. The molecule has 0 spiro atoms. The minimum absolute atomic E-state index is 0.193. The van der Waals surface area contributed by atoms with Gasteiger partial charge in [-0.25, -0.2) is 0 Å². The van der Waals surface area contributed by atoms with E-state index >= 15 is 0 Å². The molecule has 16 heavy (non-hydrogen) atoms. The van der Waals surface area contributed by atoms with E-state index in [4.69, 9.17) is 4.74 Å². The van der Waals surface area contributed by atoms with Crippen LogP contribution in [-0.2, 0) is 11.3 Å². The topological polar surface area (TPSA) is 41.5 Å². The van der Waals surface area contributed by atoms with E-state index in [1.54, 1.807) is 7.11 Å². The van der Waals surface area contributed by atoms with Gasteiger partial charge in [0, 0.05) is 18.4 Å². The molecule has 1 fully saturated rings. The standard InChI is InChI=1S/C13H19NO2/c1-16-9-10-5-2-3-6-11(10)14-12-7-4-8-13(12)15/h2-3,5-6,12-15H,4,7-9H2,1H3/t12-,13-/m0/s1. The first-order chi connectivity index (χ1) is 7.81. The number of benzene rings is 1. The molecule has 0 radical (unpaired) electrons. The van der Waals surface area contributed by atoms with Gasteiger partial charge in [0.1, 0.15) is 0 Å². The molecule has 0 bridgehead atoms. The molecule has 88 valence electrons. The third kappa shape index (κ3) is 2.54. The molecule has 1 aliphatic rings. The Hall–Kier alpha value is -1.06. The van der Waals surface area contributed by atoms with Gasteiger partial charge in [0.2, 0.25) is 0 Å². The molecule has 0 unspecified atom stereocenters. The van der Waals surface area contributed by atoms with Gasteiger partial charge in [0.25, 0.3) is 0 Å². The van der Waals surface area contributed by atoms with Crippen LogP contribution in [0.4, 0.5) is 5.69 Å². The average molecular weight is 221 g/mol. The molecule has 3 heteroatoms. The zero-order valence-corrected chi connectivity index (χ0v) is 9.65. The highest BCUT2D eigenvalue weighted by molar-refractivity contribution is 5.51. The summed E-state index contributed by atoms with van der Waals surface area (Å²) in [4.78, 5) is 0. The molecule has 0 aromatic heterocycles. The van der Waals surface area contributed by atoms with Crippen LogP contribution in [0, 0.1) is 0 Å². The van der Waals surface area contributed by atoms with Gasteiger partial charge in [0.15, 0.2) is 0 Å². The predicted octanol–water partition coefficient (Wildman–Crippen LogP) is 2.16. The van der Waals surface area contributed by atoms with Gasteiger partial charge < -0.3 is 15.2 Å². The average Bonchev–Trinajstić information content (AvgIpc) is 2.68. The molecule has 2 rings (SSSR count). The molecule has 2 atom stereocenters. The maximum absolute atomic E-state index is 9.78. The molecule has 1 saturated carbocycles. The Labute approximate surface area is 96.4 Å². The number of aliphatic hydroxyl groups is 1. The molecule has 1 aromatic carbocycles. The van der Waals surface area contributed by atoms with Gasteiger partial charge >= 0.3 is 0 Å². The number of ether oxygens (including phenoxy) is 1.